The maximum atomic E-state index is 11.7. The lowest BCUT2D eigenvalue weighted by atomic mass is 10.1. The summed E-state index contributed by atoms with van der Waals surface area (Å²) >= 11 is 0. The summed E-state index contributed by atoms with van der Waals surface area (Å²) in [4.78, 5) is 16.6. The number of aryl methyl sites for hydroxylation is 1. The van der Waals surface area contributed by atoms with Gasteiger partial charge >= 0.3 is 5.97 Å². The SMILES string of the molecule is C/C(=N\OC(=O)c1ccccc1)c1ccc(C)cc1. The van der Waals surface area contributed by atoms with Gasteiger partial charge < -0.3 is 4.84 Å². The Kier molecular flexibility index (Phi) is 4.08. The molecule has 0 saturated heterocycles. The summed E-state index contributed by atoms with van der Waals surface area (Å²) in [5.74, 6) is -0.452. The standard InChI is InChI=1S/C16H15NO2/c1-12-8-10-14(11-9-12)13(2)17-19-16(18)15-6-4-3-5-7-15/h3-11H,1-2H3/b17-13+. The monoisotopic (exact) mass is 253 g/mol. The Hall–Kier alpha value is -2.42. The molecular weight excluding hydrogens is 238 g/mol. The molecule has 0 saturated carbocycles. The summed E-state index contributed by atoms with van der Waals surface area (Å²) in [5.41, 5.74) is 3.27. The molecule has 0 spiro atoms. The average Bonchev–Trinajstić information content (AvgIpc) is 2.46. The molecule has 0 amide bonds. The second-order valence-corrected chi connectivity index (χ2v) is 4.29. The van der Waals surface area contributed by atoms with Gasteiger partial charge in [0.25, 0.3) is 0 Å². The van der Waals surface area contributed by atoms with Crippen LogP contribution in [0.1, 0.15) is 28.4 Å². The molecule has 2 rings (SSSR count). The quantitative estimate of drug-likeness (QED) is 0.476. The van der Waals surface area contributed by atoms with E-state index in [1.807, 2.05) is 44.2 Å². The molecule has 0 fully saturated rings. The maximum Gasteiger partial charge on any atom is 0.365 e. The van der Waals surface area contributed by atoms with Gasteiger partial charge in [-0.15, -0.1) is 0 Å². The van der Waals surface area contributed by atoms with Crippen LogP contribution in [0.3, 0.4) is 0 Å². The highest BCUT2D eigenvalue weighted by Gasteiger charge is 2.06. The minimum absolute atomic E-state index is 0.452. The zero-order chi connectivity index (χ0) is 13.7. The third-order valence-electron chi connectivity index (χ3n) is 2.74. The first-order chi connectivity index (χ1) is 9.16. The van der Waals surface area contributed by atoms with Crippen LogP contribution >= 0.6 is 0 Å². The molecule has 0 unspecified atom stereocenters. The van der Waals surface area contributed by atoms with E-state index >= 15 is 0 Å². The largest absolute Gasteiger partial charge is 0.365 e. The molecule has 0 aliphatic heterocycles. The highest BCUT2D eigenvalue weighted by molar-refractivity contribution is 5.99. The van der Waals surface area contributed by atoms with Gasteiger partial charge in [-0.05, 0) is 31.5 Å². The van der Waals surface area contributed by atoms with Gasteiger partial charge in [0.15, 0.2) is 0 Å². The molecule has 2 aromatic carbocycles. The predicted octanol–water partition coefficient (Wildman–Crippen LogP) is 3.58. The molecule has 0 radical (unpaired) electrons. The molecule has 0 aliphatic carbocycles. The first-order valence-corrected chi connectivity index (χ1v) is 6.05. The van der Waals surface area contributed by atoms with Crippen molar-refractivity contribution in [3.8, 4) is 0 Å². The third kappa shape index (κ3) is 3.52. The Balaban J connectivity index is 2.06. The van der Waals surface area contributed by atoms with Gasteiger partial charge in [0.2, 0.25) is 0 Å². The van der Waals surface area contributed by atoms with Crippen molar-refractivity contribution in [3.05, 3.63) is 71.3 Å². The van der Waals surface area contributed by atoms with E-state index in [1.54, 1.807) is 24.3 Å². The normalized spacial score (nSPS) is 11.2. The molecule has 96 valence electrons. The molecule has 0 atom stereocenters. The van der Waals surface area contributed by atoms with Crippen LogP contribution in [0.2, 0.25) is 0 Å². The van der Waals surface area contributed by atoms with Gasteiger partial charge in [-0.2, -0.15) is 0 Å². The van der Waals surface area contributed by atoms with E-state index in [9.17, 15) is 4.79 Å². The first-order valence-electron chi connectivity index (χ1n) is 6.05. The fourth-order valence-electron chi connectivity index (χ4n) is 1.58. The van der Waals surface area contributed by atoms with Crippen molar-refractivity contribution in [2.45, 2.75) is 13.8 Å². The molecular formula is C16H15NO2. The van der Waals surface area contributed by atoms with Crippen molar-refractivity contribution in [2.75, 3.05) is 0 Å². The summed E-state index contributed by atoms with van der Waals surface area (Å²) < 4.78 is 0. The number of carbonyl (C=O) groups excluding carboxylic acids is 1. The summed E-state index contributed by atoms with van der Waals surface area (Å²) in [5, 5.41) is 3.87. The van der Waals surface area contributed by atoms with Crippen LogP contribution in [0.25, 0.3) is 0 Å². The minimum Gasteiger partial charge on any atom is -0.313 e. The van der Waals surface area contributed by atoms with Crippen LogP contribution in [-0.2, 0) is 4.84 Å². The number of oxime groups is 1. The second-order valence-electron chi connectivity index (χ2n) is 4.29. The zero-order valence-electron chi connectivity index (χ0n) is 11.0. The van der Waals surface area contributed by atoms with E-state index in [4.69, 9.17) is 4.84 Å². The van der Waals surface area contributed by atoms with E-state index < -0.39 is 5.97 Å². The van der Waals surface area contributed by atoms with E-state index in [2.05, 4.69) is 5.16 Å². The van der Waals surface area contributed by atoms with Crippen LogP contribution < -0.4 is 0 Å². The molecule has 0 N–H and O–H groups in total. The molecule has 0 heterocycles. The summed E-state index contributed by atoms with van der Waals surface area (Å²) in [7, 11) is 0. The summed E-state index contributed by atoms with van der Waals surface area (Å²) in [6, 6.07) is 16.7. The highest BCUT2D eigenvalue weighted by atomic mass is 16.7. The molecule has 19 heavy (non-hydrogen) atoms. The molecule has 0 aliphatic rings. The van der Waals surface area contributed by atoms with Crippen molar-refractivity contribution in [2.24, 2.45) is 5.16 Å². The number of rotatable bonds is 3. The second kappa shape index (κ2) is 5.96. The number of nitrogens with zero attached hydrogens (tertiary/aromatic N) is 1. The van der Waals surface area contributed by atoms with Gasteiger partial charge in [0.1, 0.15) is 0 Å². The van der Waals surface area contributed by atoms with Crippen LogP contribution in [-0.4, -0.2) is 11.7 Å². The smallest absolute Gasteiger partial charge is 0.313 e. The molecule has 0 aromatic heterocycles. The average molecular weight is 253 g/mol. The summed E-state index contributed by atoms with van der Waals surface area (Å²) in [6.45, 7) is 3.83. The van der Waals surface area contributed by atoms with Crippen LogP contribution in [0, 0.1) is 6.92 Å². The lowest BCUT2D eigenvalue weighted by Gasteiger charge is -2.02. The van der Waals surface area contributed by atoms with Crippen molar-refractivity contribution < 1.29 is 9.63 Å². The Morgan fingerprint density at radius 1 is 0.947 bits per heavy atom. The van der Waals surface area contributed by atoms with E-state index in [-0.39, 0.29) is 0 Å². The Morgan fingerprint density at radius 2 is 1.58 bits per heavy atom. The molecule has 2 aromatic rings. The van der Waals surface area contributed by atoms with Gasteiger partial charge in [0.05, 0.1) is 11.3 Å². The molecule has 3 nitrogen and oxygen atoms in total. The van der Waals surface area contributed by atoms with Crippen LogP contribution in [0.4, 0.5) is 0 Å². The topological polar surface area (TPSA) is 38.7 Å². The van der Waals surface area contributed by atoms with Crippen LogP contribution in [0.15, 0.2) is 59.8 Å². The maximum absolute atomic E-state index is 11.7. The third-order valence-corrected chi connectivity index (χ3v) is 2.74. The predicted molar refractivity (Wildman–Crippen MR) is 75.2 cm³/mol. The van der Waals surface area contributed by atoms with Crippen molar-refractivity contribution in [1.82, 2.24) is 0 Å². The van der Waals surface area contributed by atoms with E-state index in [0.717, 1.165) is 5.56 Å². The van der Waals surface area contributed by atoms with Crippen molar-refractivity contribution >= 4 is 11.7 Å². The van der Waals surface area contributed by atoms with Crippen molar-refractivity contribution in [1.29, 1.82) is 0 Å². The van der Waals surface area contributed by atoms with Gasteiger partial charge in [0, 0.05) is 0 Å². The fraction of sp³-hybridized carbons (Fsp3) is 0.125. The van der Waals surface area contributed by atoms with Gasteiger partial charge in [-0.3, -0.25) is 0 Å². The molecule has 0 bridgehead atoms. The minimum atomic E-state index is -0.452. The molecule has 3 heteroatoms. The number of carbonyl (C=O) groups is 1. The Morgan fingerprint density at radius 3 is 2.21 bits per heavy atom. The number of hydrogen-bond donors (Lipinski definition) is 0. The Labute approximate surface area is 112 Å². The zero-order valence-corrected chi connectivity index (χ0v) is 11.0. The summed E-state index contributed by atoms with van der Waals surface area (Å²) in [6.07, 6.45) is 0. The lowest BCUT2D eigenvalue weighted by Crippen LogP contribution is -2.03. The number of benzene rings is 2. The lowest BCUT2D eigenvalue weighted by molar-refractivity contribution is 0.0516. The van der Waals surface area contributed by atoms with E-state index in [0.29, 0.717) is 11.3 Å². The first kappa shape index (κ1) is 13.0. The van der Waals surface area contributed by atoms with Crippen molar-refractivity contribution in [3.63, 3.8) is 0 Å². The van der Waals surface area contributed by atoms with Gasteiger partial charge in [-0.25, -0.2) is 4.79 Å². The Bertz CT molecular complexity index is 586. The van der Waals surface area contributed by atoms with Gasteiger partial charge in [-0.1, -0.05) is 53.2 Å². The highest BCUT2D eigenvalue weighted by Crippen LogP contribution is 2.06. The van der Waals surface area contributed by atoms with Crippen LogP contribution in [0.5, 0.6) is 0 Å². The van der Waals surface area contributed by atoms with E-state index in [1.165, 1.54) is 5.56 Å². The number of hydrogen-bond acceptors (Lipinski definition) is 3. The fourth-order valence-corrected chi connectivity index (χ4v) is 1.58.